The van der Waals surface area contributed by atoms with Crippen LogP contribution in [0, 0.1) is 0 Å². The van der Waals surface area contributed by atoms with E-state index in [1.54, 1.807) is 17.0 Å². The molecule has 1 saturated heterocycles. The molecular weight excluding hydrogens is 314 g/mol. The third kappa shape index (κ3) is 3.99. The third-order valence-electron chi connectivity index (χ3n) is 4.41. The van der Waals surface area contributed by atoms with Crippen LogP contribution >= 0.6 is 0 Å². The lowest BCUT2D eigenvalue weighted by molar-refractivity contribution is -0.119. The topological polar surface area (TPSA) is 52.7 Å². The van der Waals surface area contributed by atoms with Gasteiger partial charge in [-0.05, 0) is 61.4 Å². The van der Waals surface area contributed by atoms with Crippen molar-refractivity contribution in [1.29, 1.82) is 0 Å². The molecule has 0 saturated carbocycles. The molecule has 130 valence electrons. The lowest BCUT2D eigenvalue weighted by Crippen LogP contribution is -2.35. The van der Waals surface area contributed by atoms with Crippen molar-refractivity contribution in [3.05, 3.63) is 54.1 Å². The van der Waals surface area contributed by atoms with Crippen LogP contribution in [0.25, 0.3) is 0 Å². The fraction of sp³-hybridized carbons (Fsp3) is 0.300. The van der Waals surface area contributed by atoms with Crippen molar-refractivity contribution >= 4 is 28.9 Å². The van der Waals surface area contributed by atoms with Crippen LogP contribution in [0.5, 0.6) is 0 Å². The van der Waals surface area contributed by atoms with Crippen LogP contribution in [-0.4, -0.2) is 32.5 Å². The fourth-order valence-corrected chi connectivity index (χ4v) is 2.92. The minimum Gasteiger partial charge on any atom is -0.378 e. The Balaban J connectivity index is 1.67. The molecule has 0 aromatic heterocycles. The van der Waals surface area contributed by atoms with Crippen LogP contribution < -0.4 is 15.1 Å². The van der Waals surface area contributed by atoms with Crippen molar-refractivity contribution in [1.82, 2.24) is 0 Å². The second kappa shape index (κ2) is 7.38. The maximum absolute atomic E-state index is 12.4. The first-order valence-corrected chi connectivity index (χ1v) is 8.54. The van der Waals surface area contributed by atoms with E-state index in [-0.39, 0.29) is 11.8 Å². The zero-order valence-corrected chi connectivity index (χ0v) is 14.7. The Hall–Kier alpha value is -2.82. The number of piperidine rings is 1. The predicted octanol–water partition coefficient (Wildman–Crippen LogP) is 3.52. The van der Waals surface area contributed by atoms with Crippen LogP contribution in [0.15, 0.2) is 48.5 Å². The summed E-state index contributed by atoms with van der Waals surface area (Å²) in [6, 6.07) is 14.9. The normalized spacial score (nSPS) is 14.3. The average molecular weight is 337 g/mol. The molecule has 5 heteroatoms. The average Bonchev–Trinajstić information content (AvgIpc) is 2.63. The summed E-state index contributed by atoms with van der Waals surface area (Å²) in [6.07, 6.45) is 2.59. The predicted molar refractivity (Wildman–Crippen MR) is 101 cm³/mol. The zero-order valence-electron chi connectivity index (χ0n) is 14.7. The molecule has 0 radical (unpaired) electrons. The molecule has 0 bridgehead atoms. The van der Waals surface area contributed by atoms with Gasteiger partial charge < -0.3 is 15.1 Å². The number of anilines is 3. The molecule has 2 amide bonds. The van der Waals surface area contributed by atoms with E-state index < -0.39 is 0 Å². The van der Waals surface area contributed by atoms with Gasteiger partial charge in [0.15, 0.2) is 0 Å². The van der Waals surface area contributed by atoms with Gasteiger partial charge in [-0.15, -0.1) is 0 Å². The van der Waals surface area contributed by atoms with Crippen molar-refractivity contribution in [2.24, 2.45) is 0 Å². The van der Waals surface area contributed by atoms with Crippen LogP contribution in [-0.2, 0) is 4.79 Å². The zero-order chi connectivity index (χ0) is 17.8. The standard InChI is InChI=1S/C20H23N3O2/c1-22(2)17-12-8-16(9-13-17)21-20(25)15-6-10-18(11-7-15)23-14-4-3-5-19(23)24/h6-13H,3-5,14H2,1-2H3,(H,21,25). The lowest BCUT2D eigenvalue weighted by atomic mass is 10.1. The van der Waals surface area contributed by atoms with Crippen molar-refractivity contribution in [2.75, 3.05) is 35.8 Å². The van der Waals surface area contributed by atoms with Gasteiger partial charge in [0.1, 0.15) is 0 Å². The number of amides is 2. The quantitative estimate of drug-likeness (QED) is 0.929. The van der Waals surface area contributed by atoms with Gasteiger partial charge in [0.05, 0.1) is 0 Å². The first kappa shape index (κ1) is 17.0. The Labute approximate surface area is 148 Å². The van der Waals surface area contributed by atoms with E-state index in [2.05, 4.69) is 5.32 Å². The summed E-state index contributed by atoms with van der Waals surface area (Å²) in [7, 11) is 3.95. The first-order valence-electron chi connectivity index (χ1n) is 8.54. The molecule has 1 aliphatic heterocycles. The SMILES string of the molecule is CN(C)c1ccc(NC(=O)c2ccc(N3CCCCC3=O)cc2)cc1. The molecule has 3 rings (SSSR count). The smallest absolute Gasteiger partial charge is 0.255 e. The van der Waals surface area contributed by atoms with Crippen LogP contribution in [0.4, 0.5) is 17.1 Å². The summed E-state index contributed by atoms with van der Waals surface area (Å²) in [4.78, 5) is 28.2. The highest BCUT2D eigenvalue weighted by molar-refractivity contribution is 6.04. The molecule has 0 unspecified atom stereocenters. The molecule has 1 aliphatic rings. The molecule has 0 atom stereocenters. The lowest BCUT2D eigenvalue weighted by Gasteiger charge is -2.26. The van der Waals surface area contributed by atoms with E-state index in [0.29, 0.717) is 12.0 Å². The van der Waals surface area contributed by atoms with Gasteiger partial charge in [-0.3, -0.25) is 9.59 Å². The van der Waals surface area contributed by atoms with Crippen molar-refractivity contribution in [3.63, 3.8) is 0 Å². The van der Waals surface area contributed by atoms with E-state index in [1.807, 2.05) is 55.4 Å². The van der Waals surface area contributed by atoms with E-state index >= 15 is 0 Å². The largest absolute Gasteiger partial charge is 0.378 e. The summed E-state index contributed by atoms with van der Waals surface area (Å²) in [6.45, 7) is 0.753. The molecular formula is C20H23N3O2. The van der Waals surface area contributed by atoms with Crippen LogP contribution in [0.1, 0.15) is 29.6 Å². The van der Waals surface area contributed by atoms with Crippen molar-refractivity contribution < 1.29 is 9.59 Å². The molecule has 1 N–H and O–H groups in total. The van der Waals surface area contributed by atoms with Gasteiger partial charge in [0.25, 0.3) is 5.91 Å². The Morgan fingerprint density at radius 1 is 1.00 bits per heavy atom. The van der Waals surface area contributed by atoms with Crippen molar-refractivity contribution in [3.8, 4) is 0 Å². The van der Waals surface area contributed by atoms with Gasteiger partial charge >= 0.3 is 0 Å². The minimum atomic E-state index is -0.158. The summed E-state index contributed by atoms with van der Waals surface area (Å²) < 4.78 is 0. The number of hydrogen-bond acceptors (Lipinski definition) is 3. The number of benzene rings is 2. The van der Waals surface area contributed by atoms with Crippen molar-refractivity contribution in [2.45, 2.75) is 19.3 Å². The second-order valence-electron chi connectivity index (χ2n) is 6.44. The van der Waals surface area contributed by atoms with Crippen LogP contribution in [0.3, 0.4) is 0 Å². The maximum Gasteiger partial charge on any atom is 0.255 e. The number of carbonyl (C=O) groups is 2. The molecule has 2 aromatic rings. The third-order valence-corrected chi connectivity index (χ3v) is 4.41. The Morgan fingerprint density at radius 2 is 1.68 bits per heavy atom. The van der Waals surface area contributed by atoms with E-state index in [9.17, 15) is 9.59 Å². The van der Waals surface area contributed by atoms with Gasteiger partial charge in [-0.1, -0.05) is 0 Å². The summed E-state index contributed by atoms with van der Waals surface area (Å²) in [5, 5.41) is 2.89. The van der Waals surface area contributed by atoms with E-state index in [4.69, 9.17) is 0 Å². The van der Waals surface area contributed by atoms with Crippen LogP contribution in [0.2, 0.25) is 0 Å². The Bertz CT molecular complexity index is 752. The summed E-state index contributed by atoms with van der Waals surface area (Å²) in [5.41, 5.74) is 3.26. The van der Waals surface area contributed by atoms with Gasteiger partial charge in [-0.2, -0.15) is 0 Å². The number of nitrogens with zero attached hydrogens (tertiary/aromatic N) is 2. The second-order valence-corrected chi connectivity index (χ2v) is 6.44. The van der Waals surface area contributed by atoms with E-state index in [1.165, 1.54) is 0 Å². The number of hydrogen-bond donors (Lipinski definition) is 1. The molecule has 5 nitrogen and oxygen atoms in total. The minimum absolute atomic E-state index is 0.157. The molecule has 0 spiro atoms. The highest BCUT2D eigenvalue weighted by atomic mass is 16.2. The molecule has 1 heterocycles. The fourth-order valence-electron chi connectivity index (χ4n) is 2.92. The summed E-state index contributed by atoms with van der Waals surface area (Å²) in [5.74, 6) is -0.00134. The molecule has 1 fully saturated rings. The highest BCUT2D eigenvalue weighted by Crippen LogP contribution is 2.22. The number of nitrogens with one attached hydrogen (secondary N) is 1. The summed E-state index contributed by atoms with van der Waals surface area (Å²) >= 11 is 0. The molecule has 25 heavy (non-hydrogen) atoms. The maximum atomic E-state index is 12.4. The highest BCUT2D eigenvalue weighted by Gasteiger charge is 2.19. The monoisotopic (exact) mass is 337 g/mol. The number of carbonyl (C=O) groups excluding carboxylic acids is 2. The van der Waals surface area contributed by atoms with Gasteiger partial charge in [0, 0.05) is 49.7 Å². The Morgan fingerprint density at radius 3 is 2.28 bits per heavy atom. The Kier molecular flexibility index (Phi) is 5.03. The van der Waals surface area contributed by atoms with Gasteiger partial charge in [-0.25, -0.2) is 0 Å². The number of rotatable bonds is 4. The van der Waals surface area contributed by atoms with Gasteiger partial charge in [0.2, 0.25) is 5.91 Å². The first-order chi connectivity index (χ1) is 12.0. The molecule has 0 aliphatic carbocycles. The van der Waals surface area contributed by atoms with E-state index in [0.717, 1.165) is 36.4 Å². The molecule has 2 aromatic carbocycles.